The van der Waals surface area contributed by atoms with Crippen molar-refractivity contribution < 1.29 is 9.90 Å². The van der Waals surface area contributed by atoms with Gasteiger partial charge in [0.15, 0.2) is 0 Å². The molecular weight excluding hydrogens is 252 g/mol. The van der Waals surface area contributed by atoms with Crippen molar-refractivity contribution in [3.8, 4) is 0 Å². The van der Waals surface area contributed by atoms with Gasteiger partial charge in [-0.2, -0.15) is 0 Å². The topological polar surface area (TPSA) is 43.8 Å². The number of aliphatic hydroxyl groups is 1. The molecule has 0 bridgehead atoms. The van der Waals surface area contributed by atoms with Crippen LogP contribution >= 0.6 is 0 Å². The molecule has 0 aliphatic carbocycles. The Bertz CT molecular complexity index is 454. The standard InChI is InChI=1S/C16H24N2O2/c1-3-13-6-4-5-7-15(13)17(2)16(20)12-18-10-8-14(19)9-11-18/h4-7,14,19H,3,8-12H2,1-2H3. The summed E-state index contributed by atoms with van der Waals surface area (Å²) in [5, 5.41) is 9.49. The van der Waals surface area contributed by atoms with Crippen LogP contribution in [0.5, 0.6) is 0 Å². The zero-order valence-corrected chi connectivity index (χ0v) is 12.4. The molecule has 1 fully saturated rings. The molecule has 1 aliphatic rings. The van der Waals surface area contributed by atoms with E-state index in [9.17, 15) is 9.90 Å². The average Bonchev–Trinajstić information content (AvgIpc) is 2.48. The number of likely N-dealkylation sites (tertiary alicyclic amines) is 1. The first-order valence-corrected chi connectivity index (χ1v) is 7.36. The Morgan fingerprint density at radius 3 is 2.65 bits per heavy atom. The van der Waals surface area contributed by atoms with E-state index in [1.807, 2.05) is 25.2 Å². The second-order valence-electron chi connectivity index (χ2n) is 5.44. The first-order valence-electron chi connectivity index (χ1n) is 7.36. The van der Waals surface area contributed by atoms with E-state index in [4.69, 9.17) is 0 Å². The van der Waals surface area contributed by atoms with Crippen LogP contribution in [0.15, 0.2) is 24.3 Å². The van der Waals surface area contributed by atoms with Crippen molar-refractivity contribution in [3.05, 3.63) is 29.8 Å². The molecule has 1 saturated heterocycles. The van der Waals surface area contributed by atoms with Gasteiger partial charge in [0.2, 0.25) is 5.91 Å². The number of para-hydroxylation sites is 1. The summed E-state index contributed by atoms with van der Waals surface area (Å²) in [7, 11) is 1.84. The number of carbonyl (C=O) groups excluding carboxylic acids is 1. The largest absolute Gasteiger partial charge is 0.393 e. The van der Waals surface area contributed by atoms with Gasteiger partial charge < -0.3 is 10.0 Å². The Balaban J connectivity index is 1.98. The van der Waals surface area contributed by atoms with Crippen molar-refractivity contribution in [2.45, 2.75) is 32.3 Å². The van der Waals surface area contributed by atoms with Gasteiger partial charge in [-0.25, -0.2) is 0 Å². The molecule has 4 nitrogen and oxygen atoms in total. The van der Waals surface area contributed by atoms with Crippen molar-refractivity contribution in [2.75, 3.05) is 31.6 Å². The van der Waals surface area contributed by atoms with Gasteiger partial charge in [0.05, 0.1) is 12.6 Å². The molecule has 1 aromatic rings. The fourth-order valence-corrected chi connectivity index (χ4v) is 2.65. The first kappa shape index (κ1) is 15.0. The summed E-state index contributed by atoms with van der Waals surface area (Å²) in [5.74, 6) is 0.113. The molecule has 1 aromatic carbocycles. The van der Waals surface area contributed by atoms with E-state index in [0.29, 0.717) is 6.54 Å². The third-order valence-electron chi connectivity index (χ3n) is 4.02. The maximum absolute atomic E-state index is 12.4. The van der Waals surface area contributed by atoms with Crippen molar-refractivity contribution in [2.24, 2.45) is 0 Å². The number of aliphatic hydroxyl groups excluding tert-OH is 1. The number of rotatable bonds is 4. The second kappa shape index (κ2) is 6.86. The Hall–Kier alpha value is -1.39. The third-order valence-corrected chi connectivity index (χ3v) is 4.02. The quantitative estimate of drug-likeness (QED) is 0.910. The summed E-state index contributed by atoms with van der Waals surface area (Å²) < 4.78 is 0. The predicted molar refractivity (Wildman–Crippen MR) is 80.9 cm³/mol. The number of nitrogens with zero attached hydrogens (tertiary/aromatic N) is 2. The lowest BCUT2D eigenvalue weighted by atomic mass is 10.1. The number of aryl methyl sites for hydroxylation is 1. The van der Waals surface area contributed by atoms with Crippen molar-refractivity contribution in [1.29, 1.82) is 0 Å². The number of carbonyl (C=O) groups is 1. The Kier molecular flexibility index (Phi) is 5.15. The molecule has 1 aliphatic heterocycles. The summed E-state index contributed by atoms with van der Waals surface area (Å²) in [6, 6.07) is 8.04. The fraction of sp³-hybridized carbons (Fsp3) is 0.562. The number of hydrogen-bond acceptors (Lipinski definition) is 3. The molecule has 1 amide bonds. The van der Waals surface area contributed by atoms with Gasteiger partial charge in [-0.1, -0.05) is 25.1 Å². The average molecular weight is 276 g/mol. The van der Waals surface area contributed by atoms with Gasteiger partial charge in [-0.05, 0) is 30.9 Å². The van der Waals surface area contributed by atoms with Crippen molar-refractivity contribution in [1.82, 2.24) is 4.90 Å². The minimum absolute atomic E-state index is 0.113. The molecule has 1 N–H and O–H groups in total. The van der Waals surface area contributed by atoms with E-state index in [0.717, 1.165) is 38.0 Å². The fourth-order valence-electron chi connectivity index (χ4n) is 2.65. The number of likely N-dealkylation sites (N-methyl/N-ethyl adjacent to an activating group) is 1. The van der Waals surface area contributed by atoms with Gasteiger partial charge >= 0.3 is 0 Å². The molecule has 0 saturated carbocycles. The van der Waals surface area contributed by atoms with Gasteiger partial charge in [0.25, 0.3) is 0 Å². The summed E-state index contributed by atoms with van der Waals surface area (Å²) in [5.41, 5.74) is 2.19. The Labute approximate surface area is 121 Å². The van der Waals surface area contributed by atoms with Crippen molar-refractivity contribution in [3.63, 3.8) is 0 Å². The maximum Gasteiger partial charge on any atom is 0.240 e. The number of amides is 1. The predicted octanol–water partition coefficient (Wildman–Crippen LogP) is 1.67. The van der Waals surface area contributed by atoms with Gasteiger partial charge in [-0.3, -0.25) is 9.69 Å². The molecular formula is C16H24N2O2. The van der Waals surface area contributed by atoms with E-state index in [-0.39, 0.29) is 12.0 Å². The van der Waals surface area contributed by atoms with Crippen molar-refractivity contribution >= 4 is 11.6 Å². The van der Waals surface area contributed by atoms with Crippen LogP contribution in [0.1, 0.15) is 25.3 Å². The SMILES string of the molecule is CCc1ccccc1N(C)C(=O)CN1CCC(O)CC1. The zero-order chi connectivity index (χ0) is 14.5. The van der Waals surface area contributed by atoms with E-state index < -0.39 is 0 Å². The van der Waals surface area contributed by atoms with Gasteiger partial charge in [0.1, 0.15) is 0 Å². The molecule has 0 spiro atoms. The molecule has 0 aromatic heterocycles. The monoisotopic (exact) mass is 276 g/mol. The number of anilines is 1. The number of benzene rings is 1. The zero-order valence-electron chi connectivity index (χ0n) is 12.4. The lowest BCUT2D eigenvalue weighted by Crippen LogP contribution is -2.43. The van der Waals surface area contributed by atoms with Crippen LogP contribution in [0, 0.1) is 0 Å². The lowest BCUT2D eigenvalue weighted by molar-refractivity contribution is -0.120. The van der Waals surface area contributed by atoms with Crippen LogP contribution < -0.4 is 4.90 Å². The summed E-state index contributed by atoms with van der Waals surface area (Å²) in [4.78, 5) is 16.3. The van der Waals surface area contributed by atoms with E-state index in [2.05, 4.69) is 17.9 Å². The van der Waals surface area contributed by atoms with Crippen LogP contribution in [-0.2, 0) is 11.2 Å². The highest BCUT2D eigenvalue weighted by molar-refractivity contribution is 5.95. The highest BCUT2D eigenvalue weighted by Gasteiger charge is 2.21. The van der Waals surface area contributed by atoms with E-state index in [1.54, 1.807) is 4.90 Å². The molecule has 1 heterocycles. The minimum Gasteiger partial charge on any atom is -0.393 e. The normalized spacial score (nSPS) is 17.1. The smallest absolute Gasteiger partial charge is 0.240 e. The highest BCUT2D eigenvalue weighted by atomic mass is 16.3. The number of hydrogen-bond donors (Lipinski definition) is 1. The maximum atomic E-state index is 12.4. The molecule has 0 atom stereocenters. The molecule has 0 radical (unpaired) electrons. The Morgan fingerprint density at radius 2 is 2.00 bits per heavy atom. The van der Waals surface area contributed by atoms with Crippen LogP contribution in [0.25, 0.3) is 0 Å². The first-order chi connectivity index (χ1) is 9.61. The van der Waals surface area contributed by atoms with E-state index in [1.165, 1.54) is 5.56 Å². The second-order valence-corrected chi connectivity index (χ2v) is 5.44. The molecule has 2 rings (SSSR count). The van der Waals surface area contributed by atoms with Crippen LogP contribution in [0.4, 0.5) is 5.69 Å². The summed E-state index contributed by atoms with van der Waals surface area (Å²) >= 11 is 0. The molecule has 20 heavy (non-hydrogen) atoms. The van der Waals surface area contributed by atoms with Crippen LogP contribution in [0.3, 0.4) is 0 Å². The third kappa shape index (κ3) is 3.58. The molecule has 0 unspecified atom stereocenters. The van der Waals surface area contributed by atoms with E-state index >= 15 is 0 Å². The number of piperidine rings is 1. The highest BCUT2D eigenvalue weighted by Crippen LogP contribution is 2.20. The van der Waals surface area contributed by atoms with Gasteiger partial charge in [0, 0.05) is 25.8 Å². The molecule has 110 valence electrons. The Morgan fingerprint density at radius 1 is 1.35 bits per heavy atom. The molecule has 4 heteroatoms. The van der Waals surface area contributed by atoms with Crippen LogP contribution in [0.2, 0.25) is 0 Å². The summed E-state index contributed by atoms with van der Waals surface area (Å²) in [6.45, 7) is 4.14. The summed E-state index contributed by atoms with van der Waals surface area (Å²) in [6.07, 6.45) is 2.26. The van der Waals surface area contributed by atoms with Crippen LogP contribution in [-0.4, -0.2) is 48.7 Å². The minimum atomic E-state index is -0.195. The van der Waals surface area contributed by atoms with Gasteiger partial charge in [-0.15, -0.1) is 0 Å². The lowest BCUT2D eigenvalue weighted by Gasteiger charge is -2.30.